The predicted molar refractivity (Wildman–Crippen MR) is 48.5 cm³/mol. The fourth-order valence-corrected chi connectivity index (χ4v) is 1.40. The third-order valence-electron chi connectivity index (χ3n) is 2.16. The highest BCUT2D eigenvalue weighted by Gasteiger charge is 2.14. The number of ether oxygens (including phenoxy) is 2. The fourth-order valence-electron chi connectivity index (χ4n) is 1.40. The lowest BCUT2D eigenvalue weighted by atomic mass is 10.2. The van der Waals surface area contributed by atoms with Gasteiger partial charge in [0.1, 0.15) is 0 Å². The summed E-state index contributed by atoms with van der Waals surface area (Å²) in [5.41, 5.74) is 0. The van der Waals surface area contributed by atoms with E-state index in [1.54, 1.807) is 0 Å². The maximum Gasteiger partial charge on any atom is 0.319 e. The molecule has 0 aromatic rings. The van der Waals surface area contributed by atoms with Crippen LogP contribution in [-0.4, -0.2) is 38.9 Å². The van der Waals surface area contributed by atoms with Crippen LogP contribution in [0.25, 0.3) is 0 Å². The van der Waals surface area contributed by atoms with E-state index in [4.69, 9.17) is 4.74 Å². The Morgan fingerprint density at radius 2 is 2.54 bits per heavy atom. The van der Waals surface area contributed by atoms with Gasteiger partial charge >= 0.3 is 5.97 Å². The Hall–Kier alpha value is -0.610. The van der Waals surface area contributed by atoms with Crippen LogP contribution in [0.4, 0.5) is 0 Å². The second-order valence-corrected chi connectivity index (χ2v) is 3.18. The molecule has 0 aromatic carbocycles. The van der Waals surface area contributed by atoms with Gasteiger partial charge in [-0.3, -0.25) is 4.79 Å². The minimum absolute atomic E-state index is 0.215. The summed E-state index contributed by atoms with van der Waals surface area (Å²) >= 11 is 0. The molecule has 1 aliphatic rings. The monoisotopic (exact) mass is 187 g/mol. The molecule has 4 nitrogen and oxygen atoms in total. The molecule has 1 atom stereocenters. The molecule has 0 bridgehead atoms. The van der Waals surface area contributed by atoms with Crippen LogP contribution in [0.5, 0.6) is 0 Å². The molecule has 1 aliphatic heterocycles. The molecule has 0 aliphatic carbocycles. The van der Waals surface area contributed by atoms with Gasteiger partial charge in [-0.25, -0.2) is 0 Å². The van der Waals surface area contributed by atoms with E-state index in [0.29, 0.717) is 12.6 Å². The van der Waals surface area contributed by atoms with Crippen LogP contribution in [0.3, 0.4) is 0 Å². The first kappa shape index (κ1) is 10.5. The number of esters is 1. The molecule has 0 amide bonds. The normalized spacial score (nSPS) is 21.8. The standard InChI is InChI=1S/C9H17NO3/c1-12-9(11)7-10-5-4-8-3-2-6-13-8/h8,10H,2-7H2,1H3. The summed E-state index contributed by atoms with van der Waals surface area (Å²) in [6, 6.07) is 0. The Balaban J connectivity index is 1.91. The highest BCUT2D eigenvalue weighted by atomic mass is 16.5. The number of nitrogens with one attached hydrogen (secondary N) is 1. The Kier molecular flexibility index (Phi) is 4.78. The molecule has 1 heterocycles. The minimum atomic E-state index is -0.215. The van der Waals surface area contributed by atoms with Gasteiger partial charge in [-0.05, 0) is 25.8 Å². The van der Waals surface area contributed by atoms with Crippen LogP contribution < -0.4 is 5.32 Å². The van der Waals surface area contributed by atoms with Crippen LogP contribution in [0.2, 0.25) is 0 Å². The van der Waals surface area contributed by atoms with E-state index in [-0.39, 0.29) is 5.97 Å². The molecule has 1 saturated heterocycles. The van der Waals surface area contributed by atoms with Crippen molar-refractivity contribution in [3.63, 3.8) is 0 Å². The van der Waals surface area contributed by atoms with Crippen LogP contribution in [0, 0.1) is 0 Å². The first-order chi connectivity index (χ1) is 6.33. The average Bonchev–Trinajstić information content (AvgIpc) is 2.64. The van der Waals surface area contributed by atoms with Crippen molar-refractivity contribution in [2.24, 2.45) is 0 Å². The second-order valence-electron chi connectivity index (χ2n) is 3.18. The lowest BCUT2D eigenvalue weighted by molar-refractivity contribution is -0.139. The summed E-state index contributed by atoms with van der Waals surface area (Å²) in [6.45, 7) is 2.00. The molecule has 1 N–H and O–H groups in total. The Labute approximate surface area is 78.6 Å². The summed E-state index contributed by atoms with van der Waals surface area (Å²) < 4.78 is 9.92. The Morgan fingerprint density at radius 3 is 3.15 bits per heavy atom. The molecule has 4 heteroatoms. The molecule has 13 heavy (non-hydrogen) atoms. The van der Waals surface area contributed by atoms with E-state index in [1.165, 1.54) is 13.5 Å². The third kappa shape index (κ3) is 4.24. The van der Waals surface area contributed by atoms with Crippen molar-refractivity contribution in [3.05, 3.63) is 0 Å². The van der Waals surface area contributed by atoms with Gasteiger partial charge in [-0.1, -0.05) is 0 Å². The van der Waals surface area contributed by atoms with E-state index < -0.39 is 0 Å². The zero-order valence-electron chi connectivity index (χ0n) is 8.04. The van der Waals surface area contributed by atoms with Crippen molar-refractivity contribution in [2.75, 3.05) is 26.8 Å². The van der Waals surface area contributed by atoms with Crippen LogP contribution in [-0.2, 0) is 14.3 Å². The van der Waals surface area contributed by atoms with Gasteiger partial charge in [0.05, 0.1) is 19.8 Å². The van der Waals surface area contributed by atoms with Gasteiger partial charge < -0.3 is 14.8 Å². The fraction of sp³-hybridized carbons (Fsp3) is 0.889. The first-order valence-electron chi connectivity index (χ1n) is 4.72. The highest BCUT2D eigenvalue weighted by molar-refractivity contribution is 5.71. The van der Waals surface area contributed by atoms with Gasteiger partial charge in [-0.15, -0.1) is 0 Å². The Morgan fingerprint density at radius 1 is 1.69 bits per heavy atom. The lowest BCUT2D eigenvalue weighted by Gasteiger charge is -2.08. The number of hydrogen-bond acceptors (Lipinski definition) is 4. The van der Waals surface area contributed by atoms with Crippen molar-refractivity contribution >= 4 is 5.97 Å². The summed E-state index contributed by atoms with van der Waals surface area (Å²) in [5.74, 6) is -0.215. The van der Waals surface area contributed by atoms with Crippen molar-refractivity contribution in [3.8, 4) is 0 Å². The van der Waals surface area contributed by atoms with Crippen molar-refractivity contribution in [1.82, 2.24) is 5.32 Å². The van der Waals surface area contributed by atoms with Gasteiger partial charge in [0.25, 0.3) is 0 Å². The number of carbonyl (C=O) groups excluding carboxylic acids is 1. The van der Waals surface area contributed by atoms with Gasteiger partial charge in [0.2, 0.25) is 0 Å². The molecule has 1 fully saturated rings. The second kappa shape index (κ2) is 5.94. The molecule has 0 radical (unpaired) electrons. The van der Waals surface area contributed by atoms with Crippen molar-refractivity contribution in [2.45, 2.75) is 25.4 Å². The average molecular weight is 187 g/mol. The summed E-state index contributed by atoms with van der Waals surface area (Å²) in [6.07, 6.45) is 3.70. The zero-order valence-corrected chi connectivity index (χ0v) is 8.04. The topological polar surface area (TPSA) is 47.6 Å². The maximum atomic E-state index is 10.7. The molecule has 1 rings (SSSR count). The van der Waals surface area contributed by atoms with E-state index in [9.17, 15) is 4.79 Å². The number of methoxy groups -OCH3 is 1. The molecule has 0 saturated carbocycles. The molecular weight excluding hydrogens is 170 g/mol. The highest BCUT2D eigenvalue weighted by Crippen LogP contribution is 2.14. The zero-order chi connectivity index (χ0) is 9.52. The molecule has 1 unspecified atom stereocenters. The van der Waals surface area contributed by atoms with Crippen LogP contribution >= 0.6 is 0 Å². The maximum absolute atomic E-state index is 10.7. The van der Waals surface area contributed by atoms with E-state index in [1.807, 2.05) is 0 Å². The lowest BCUT2D eigenvalue weighted by Crippen LogP contribution is -2.26. The van der Waals surface area contributed by atoms with Crippen molar-refractivity contribution in [1.29, 1.82) is 0 Å². The quantitative estimate of drug-likeness (QED) is 0.497. The van der Waals surface area contributed by atoms with Crippen molar-refractivity contribution < 1.29 is 14.3 Å². The summed E-state index contributed by atoms with van der Waals surface area (Å²) in [7, 11) is 1.39. The number of carbonyl (C=O) groups is 1. The van der Waals surface area contributed by atoms with Gasteiger partial charge in [-0.2, -0.15) is 0 Å². The predicted octanol–water partition coefficient (Wildman–Crippen LogP) is 0.318. The molecule has 0 aromatic heterocycles. The van der Waals surface area contributed by atoms with Crippen LogP contribution in [0.1, 0.15) is 19.3 Å². The number of hydrogen-bond donors (Lipinski definition) is 1. The van der Waals surface area contributed by atoms with E-state index >= 15 is 0 Å². The molecule has 0 spiro atoms. The smallest absolute Gasteiger partial charge is 0.319 e. The van der Waals surface area contributed by atoms with E-state index in [0.717, 1.165) is 26.0 Å². The van der Waals surface area contributed by atoms with Gasteiger partial charge in [0, 0.05) is 6.61 Å². The minimum Gasteiger partial charge on any atom is -0.468 e. The first-order valence-corrected chi connectivity index (χ1v) is 4.72. The molecular formula is C9H17NO3. The van der Waals surface area contributed by atoms with Crippen LogP contribution in [0.15, 0.2) is 0 Å². The largest absolute Gasteiger partial charge is 0.468 e. The third-order valence-corrected chi connectivity index (χ3v) is 2.16. The summed E-state index contributed by atoms with van der Waals surface area (Å²) in [5, 5.41) is 3.01. The number of rotatable bonds is 5. The summed E-state index contributed by atoms with van der Waals surface area (Å²) in [4.78, 5) is 10.7. The SMILES string of the molecule is COC(=O)CNCCC1CCCO1. The molecule has 76 valence electrons. The van der Waals surface area contributed by atoms with E-state index in [2.05, 4.69) is 10.1 Å². The Bertz CT molecular complexity index is 155. The van der Waals surface area contributed by atoms with Gasteiger partial charge in [0.15, 0.2) is 0 Å².